The topological polar surface area (TPSA) is 61.9 Å². The van der Waals surface area contributed by atoms with Gasteiger partial charge in [-0.2, -0.15) is 0 Å². The van der Waals surface area contributed by atoms with Crippen LogP contribution in [0.15, 0.2) is 42.7 Å². The summed E-state index contributed by atoms with van der Waals surface area (Å²) in [5.74, 6) is 0.692. The highest BCUT2D eigenvalue weighted by Gasteiger charge is 2.24. The van der Waals surface area contributed by atoms with Gasteiger partial charge in [-0.1, -0.05) is 37.3 Å². The van der Waals surface area contributed by atoms with Crippen molar-refractivity contribution in [3.63, 3.8) is 0 Å². The smallest absolute Gasteiger partial charge is 0.222 e. The van der Waals surface area contributed by atoms with Crippen LogP contribution >= 0.6 is 0 Å². The second-order valence-corrected chi connectivity index (χ2v) is 5.33. The normalized spacial score (nSPS) is 21.4. The lowest BCUT2D eigenvalue weighted by atomic mass is 10.0. The Morgan fingerprint density at radius 1 is 1.14 bits per heavy atom. The fourth-order valence-corrected chi connectivity index (χ4v) is 2.50. The minimum absolute atomic E-state index is 0.362. The summed E-state index contributed by atoms with van der Waals surface area (Å²) in [7, 11) is 0. The maximum atomic E-state index is 4.32. The molecule has 5 heteroatoms. The molecule has 1 saturated heterocycles. The molecule has 0 spiro atoms. The summed E-state index contributed by atoms with van der Waals surface area (Å²) in [6.45, 7) is 2.91. The fraction of sp³-hybridized carbons (Fsp3) is 0.375. The highest BCUT2D eigenvalue weighted by Crippen LogP contribution is 2.21. The van der Waals surface area contributed by atoms with Crippen LogP contribution in [0.25, 0.3) is 0 Å². The third kappa shape index (κ3) is 3.56. The van der Waals surface area contributed by atoms with E-state index in [1.165, 1.54) is 5.56 Å². The molecule has 3 rings (SSSR count). The molecular formula is C16H21N5. The minimum Gasteiger partial charge on any atom is -0.353 e. The number of hydrogen-bond donors (Lipinski definition) is 3. The van der Waals surface area contributed by atoms with Crippen molar-refractivity contribution in [2.75, 3.05) is 11.9 Å². The Balaban J connectivity index is 1.50. The molecule has 21 heavy (non-hydrogen) atoms. The van der Waals surface area contributed by atoms with E-state index in [-0.39, 0.29) is 0 Å². The Morgan fingerprint density at radius 3 is 2.62 bits per heavy atom. The van der Waals surface area contributed by atoms with Gasteiger partial charge in [-0.05, 0) is 24.0 Å². The molecule has 0 saturated carbocycles. The summed E-state index contributed by atoms with van der Waals surface area (Å²) in [5.41, 5.74) is 9.15. The van der Waals surface area contributed by atoms with Gasteiger partial charge in [-0.25, -0.2) is 15.4 Å². The van der Waals surface area contributed by atoms with E-state index in [1.54, 1.807) is 0 Å². The van der Waals surface area contributed by atoms with Crippen molar-refractivity contribution in [1.29, 1.82) is 0 Å². The first-order valence-corrected chi connectivity index (χ1v) is 7.46. The van der Waals surface area contributed by atoms with Crippen LogP contribution in [-0.4, -0.2) is 22.6 Å². The van der Waals surface area contributed by atoms with Crippen LogP contribution in [0.3, 0.4) is 0 Å². The average Bonchev–Trinajstić information content (AvgIpc) is 3.03. The molecule has 0 amide bonds. The SMILES string of the molecule is CCc1cnc(NCC2CC(c3ccccc3)NN2)nc1. The second kappa shape index (κ2) is 6.65. The zero-order chi connectivity index (χ0) is 14.5. The van der Waals surface area contributed by atoms with Gasteiger partial charge >= 0.3 is 0 Å². The Bertz CT molecular complexity index is 555. The van der Waals surface area contributed by atoms with Crippen molar-refractivity contribution >= 4 is 5.95 Å². The zero-order valence-electron chi connectivity index (χ0n) is 12.2. The molecule has 1 aromatic carbocycles. The zero-order valence-corrected chi connectivity index (χ0v) is 12.2. The maximum absolute atomic E-state index is 4.32. The van der Waals surface area contributed by atoms with E-state index < -0.39 is 0 Å². The van der Waals surface area contributed by atoms with Crippen LogP contribution in [-0.2, 0) is 6.42 Å². The molecule has 1 fully saturated rings. The number of nitrogens with zero attached hydrogens (tertiary/aromatic N) is 2. The molecule has 2 heterocycles. The van der Waals surface area contributed by atoms with Crippen molar-refractivity contribution in [3.8, 4) is 0 Å². The molecule has 2 aromatic rings. The van der Waals surface area contributed by atoms with Gasteiger partial charge in [0.25, 0.3) is 0 Å². The maximum Gasteiger partial charge on any atom is 0.222 e. The van der Waals surface area contributed by atoms with Gasteiger partial charge in [0.1, 0.15) is 0 Å². The van der Waals surface area contributed by atoms with Gasteiger partial charge < -0.3 is 5.32 Å². The van der Waals surface area contributed by atoms with Gasteiger partial charge in [0, 0.05) is 31.0 Å². The lowest BCUT2D eigenvalue weighted by Crippen LogP contribution is -2.35. The fourth-order valence-electron chi connectivity index (χ4n) is 2.50. The third-order valence-corrected chi connectivity index (χ3v) is 3.80. The molecule has 1 aromatic heterocycles. The minimum atomic E-state index is 0.362. The molecule has 2 unspecified atom stereocenters. The molecule has 0 radical (unpaired) electrons. The van der Waals surface area contributed by atoms with Crippen LogP contribution in [0.4, 0.5) is 5.95 Å². The number of hydrazine groups is 1. The van der Waals surface area contributed by atoms with Crippen molar-refractivity contribution < 1.29 is 0 Å². The van der Waals surface area contributed by atoms with Crippen LogP contribution in [0.5, 0.6) is 0 Å². The van der Waals surface area contributed by atoms with E-state index in [4.69, 9.17) is 0 Å². The summed E-state index contributed by atoms with van der Waals surface area (Å²) < 4.78 is 0. The Hall–Kier alpha value is -1.98. The molecule has 1 aliphatic heterocycles. The van der Waals surface area contributed by atoms with Crippen molar-refractivity contribution in [2.45, 2.75) is 31.8 Å². The molecule has 5 nitrogen and oxygen atoms in total. The first-order chi connectivity index (χ1) is 10.3. The van der Waals surface area contributed by atoms with E-state index in [0.717, 1.165) is 24.9 Å². The summed E-state index contributed by atoms with van der Waals surface area (Å²) in [5, 5.41) is 3.29. The molecule has 0 bridgehead atoms. The molecule has 3 N–H and O–H groups in total. The monoisotopic (exact) mass is 283 g/mol. The lowest BCUT2D eigenvalue weighted by Gasteiger charge is -2.11. The van der Waals surface area contributed by atoms with Crippen LogP contribution in [0, 0.1) is 0 Å². The van der Waals surface area contributed by atoms with E-state index >= 15 is 0 Å². The predicted molar refractivity (Wildman–Crippen MR) is 83.8 cm³/mol. The molecule has 1 aliphatic rings. The number of aromatic nitrogens is 2. The second-order valence-electron chi connectivity index (χ2n) is 5.33. The molecular weight excluding hydrogens is 262 g/mol. The van der Waals surface area contributed by atoms with Crippen molar-refractivity contribution in [3.05, 3.63) is 53.9 Å². The quantitative estimate of drug-likeness (QED) is 0.784. The summed E-state index contributed by atoms with van der Waals surface area (Å²) >= 11 is 0. The van der Waals surface area contributed by atoms with E-state index in [0.29, 0.717) is 18.0 Å². The molecule has 110 valence electrons. The Labute approximate surface area is 125 Å². The number of hydrogen-bond acceptors (Lipinski definition) is 5. The number of aryl methyl sites for hydroxylation is 1. The van der Waals surface area contributed by atoms with Crippen LogP contribution in [0.2, 0.25) is 0 Å². The number of rotatable bonds is 5. The Kier molecular flexibility index (Phi) is 4.43. The molecule has 2 atom stereocenters. The van der Waals surface area contributed by atoms with Gasteiger partial charge in [0.15, 0.2) is 0 Å². The standard InChI is InChI=1S/C16H21N5/c1-2-12-9-17-16(18-10-12)19-11-14-8-15(21-20-14)13-6-4-3-5-7-13/h3-7,9-10,14-15,20-21H,2,8,11H2,1H3,(H,17,18,19). The average molecular weight is 283 g/mol. The van der Waals surface area contributed by atoms with Crippen molar-refractivity contribution in [2.24, 2.45) is 0 Å². The number of benzene rings is 1. The number of anilines is 1. The predicted octanol–water partition coefficient (Wildman–Crippen LogP) is 2.06. The Morgan fingerprint density at radius 2 is 1.90 bits per heavy atom. The van der Waals surface area contributed by atoms with Crippen LogP contribution < -0.4 is 16.2 Å². The van der Waals surface area contributed by atoms with Gasteiger partial charge in [-0.15, -0.1) is 0 Å². The highest BCUT2D eigenvalue weighted by atomic mass is 15.4. The summed E-state index contributed by atoms with van der Waals surface area (Å²) in [4.78, 5) is 8.63. The van der Waals surface area contributed by atoms with E-state index in [2.05, 4.69) is 57.3 Å². The van der Waals surface area contributed by atoms with Crippen LogP contribution in [0.1, 0.15) is 30.5 Å². The number of nitrogens with one attached hydrogen (secondary N) is 3. The largest absolute Gasteiger partial charge is 0.353 e. The first-order valence-electron chi connectivity index (χ1n) is 7.46. The highest BCUT2D eigenvalue weighted by molar-refractivity contribution is 5.26. The lowest BCUT2D eigenvalue weighted by molar-refractivity contribution is 0.552. The summed E-state index contributed by atoms with van der Waals surface area (Å²) in [6.07, 6.45) is 5.77. The molecule has 0 aliphatic carbocycles. The third-order valence-electron chi connectivity index (χ3n) is 3.80. The van der Waals surface area contributed by atoms with Gasteiger partial charge in [0.2, 0.25) is 5.95 Å². The summed E-state index contributed by atoms with van der Waals surface area (Å²) in [6, 6.07) is 11.2. The van der Waals surface area contributed by atoms with E-state index in [1.807, 2.05) is 18.5 Å². The van der Waals surface area contributed by atoms with Crippen molar-refractivity contribution in [1.82, 2.24) is 20.8 Å². The first kappa shape index (κ1) is 14.0. The van der Waals surface area contributed by atoms with E-state index in [9.17, 15) is 0 Å². The van der Waals surface area contributed by atoms with Gasteiger partial charge in [-0.3, -0.25) is 5.43 Å². The van der Waals surface area contributed by atoms with Gasteiger partial charge in [0.05, 0.1) is 0 Å².